The summed E-state index contributed by atoms with van der Waals surface area (Å²) in [5.74, 6) is 0. The summed E-state index contributed by atoms with van der Waals surface area (Å²) in [5.41, 5.74) is 3.31. The molecule has 4 aromatic rings. The number of anilines is 1. The van der Waals surface area contributed by atoms with E-state index in [0.29, 0.717) is 24.2 Å². The highest BCUT2D eigenvalue weighted by Gasteiger charge is 2.18. The number of hydrogen-bond acceptors (Lipinski definition) is 6. The highest BCUT2D eigenvalue weighted by atomic mass is 35.5. The topological polar surface area (TPSA) is 91.2 Å². The lowest BCUT2D eigenvalue weighted by Gasteiger charge is -2.19. The van der Waals surface area contributed by atoms with Crippen LogP contribution in [0.2, 0.25) is 30.8 Å². The van der Waals surface area contributed by atoms with Crippen molar-refractivity contribution in [3.63, 3.8) is 0 Å². The van der Waals surface area contributed by atoms with E-state index >= 15 is 0 Å². The number of hydrogen-bond donors (Lipinski definition) is 1. The molecule has 0 aliphatic rings. The van der Waals surface area contributed by atoms with Gasteiger partial charge in [0, 0.05) is 31.8 Å². The van der Waals surface area contributed by atoms with Gasteiger partial charge in [0.1, 0.15) is 29.5 Å². The Morgan fingerprint density at radius 3 is 2.64 bits per heavy atom. The monoisotopic (exact) mass is 525 g/mol. The van der Waals surface area contributed by atoms with Gasteiger partial charge in [-0.05, 0) is 50.6 Å². The van der Waals surface area contributed by atoms with Crippen molar-refractivity contribution >= 4 is 53.4 Å². The van der Waals surface area contributed by atoms with E-state index in [1.54, 1.807) is 6.20 Å². The molecule has 1 amide bonds. The number of pyridine rings is 1. The molecule has 0 saturated carbocycles. The molecule has 10 heteroatoms. The molecule has 3 aromatic heterocycles. The van der Waals surface area contributed by atoms with Gasteiger partial charge >= 0.3 is 6.09 Å². The second kappa shape index (κ2) is 10.2. The number of nitrogens with zero attached hydrogens (tertiary/aromatic N) is 4. The van der Waals surface area contributed by atoms with E-state index in [1.165, 1.54) is 6.33 Å². The fourth-order valence-electron chi connectivity index (χ4n) is 3.73. The summed E-state index contributed by atoms with van der Waals surface area (Å²) in [7, 11) is -1.18. The van der Waals surface area contributed by atoms with Crippen LogP contribution in [0.25, 0.3) is 33.1 Å². The predicted octanol–water partition coefficient (Wildman–Crippen LogP) is 6.96. The van der Waals surface area contributed by atoms with Crippen molar-refractivity contribution in [3.8, 4) is 11.1 Å². The summed E-state index contributed by atoms with van der Waals surface area (Å²) in [4.78, 5) is 25.4. The second-order valence-electron chi connectivity index (χ2n) is 11.0. The van der Waals surface area contributed by atoms with Crippen molar-refractivity contribution in [3.05, 3.63) is 48.1 Å². The van der Waals surface area contributed by atoms with Gasteiger partial charge in [-0.1, -0.05) is 37.3 Å². The first-order chi connectivity index (χ1) is 16.9. The lowest BCUT2D eigenvalue weighted by molar-refractivity contribution is 0.0636. The number of carbonyl (C=O) groups is 1. The Morgan fingerprint density at radius 1 is 1.14 bits per heavy atom. The molecule has 1 aromatic carbocycles. The summed E-state index contributed by atoms with van der Waals surface area (Å²) in [6.07, 6.45) is 4.55. The number of amides is 1. The van der Waals surface area contributed by atoms with Crippen molar-refractivity contribution in [1.29, 1.82) is 0 Å². The van der Waals surface area contributed by atoms with Crippen LogP contribution in [0.1, 0.15) is 20.8 Å². The molecule has 0 radical (unpaired) electrons. The minimum absolute atomic E-state index is 0.382. The first-order valence-electron chi connectivity index (χ1n) is 11.9. The lowest BCUT2D eigenvalue weighted by Crippen LogP contribution is -2.27. The molecule has 0 aliphatic heterocycles. The van der Waals surface area contributed by atoms with Gasteiger partial charge in [0.2, 0.25) is 0 Å². The van der Waals surface area contributed by atoms with Gasteiger partial charge in [-0.25, -0.2) is 14.8 Å². The number of nitrogens with one attached hydrogen (secondary N) is 1. The Morgan fingerprint density at radius 2 is 1.92 bits per heavy atom. The van der Waals surface area contributed by atoms with Crippen LogP contribution in [0.15, 0.2) is 43.0 Å². The predicted molar refractivity (Wildman–Crippen MR) is 147 cm³/mol. The maximum Gasteiger partial charge on any atom is 0.412 e. The van der Waals surface area contributed by atoms with Gasteiger partial charge in [-0.15, -0.1) is 0 Å². The van der Waals surface area contributed by atoms with Gasteiger partial charge in [0.05, 0.1) is 22.8 Å². The molecule has 4 rings (SSSR count). The molecule has 0 fully saturated rings. The molecule has 0 saturated heterocycles. The highest BCUT2D eigenvalue weighted by molar-refractivity contribution is 6.76. The SMILES string of the molecule is CC(C)(C)OC(=O)Nc1cnc2ccc(-c3cn(COCC[Si](C)(C)C)c4ncnc(Cl)c34)cc2c1. The molecule has 36 heavy (non-hydrogen) atoms. The summed E-state index contributed by atoms with van der Waals surface area (Å²) < 4.78 is 13.3. The van der Waals surface area contributed by atoms with Crippen LogP contribution in [0, 0.1) is 0 Å². The van der Waals surface area contributed by atoms with E-state index < -0.39 is 19.8 Å². The van der Waals surface area contributed by atoms with E-state index in [0.717, 1.165) is 39.1 Å². The minimum Gasteiger partial charge on any atom is -0.444 e. The lowest BCUT2D eigenvalue weighted by atomic mass is 10.0. The van der Waals surface area contributed by atoms with Crippen molar-refractivity contribution < 1.29 is 14.3 Å². The number of aromatic nitrogens is 4. The Hall–Kier alpha value is -3.01. The third-order valence-corrected chi connectivity index (χ3v) is 7.46. The van der Waals surface area contributed by atoms with E-state index in [-0.39, 0.29) is 0 Å². The van der Waals surface area contributed by atoms with Crippen molar-refractivity contribution in [2.24, 2.45) is 0 Å². The average molecular weight is 526 g/mol. The van der Waals surface area contributed by atoms with Gasteiger partial charge < -0.3 is 14.0 Å². The normalized spacial score (nSPS) is 12.3. The second-order valence-corrected chi connectivity index (χ2v) is 17.0. The number of halogens is 1. The smallest absolute Gasteiger partial charge is 0.412 e. The molecule has 8 nitrogen and oxygen atoms in total. The fraction of sp³-hybridized carbons (Fsp3) is 0.385. The summed E-state index contributed by atoms with van der Waals surface area (Å²) in [5, 5.41) is 4.76. The molecule has 0 bridgehead atoms. The molecule has 3 heterocycles. The molecule has 0 spiro atoms. The van der Waals surface area contributed by atoms with Gasteiger partial charge in [-0.3, -0.25) is 10.3 Å². The van der Waals surface area contributed by atoms with Crippen LogP contribution in [0.4, 0.5) is 10.5 Å². The molecule has 0 aliphatic carbocycles. The van der Waals surface area contributed by atoms with Crippen LogP contribution < -0.4 is 5.32 Å². The van der Waals surface area contributed by atoms with E-state index in [2.05, 4.69) is 39.9 Å². The quantitative estimate of drug-likeness (QED) is 0.159. The Balaban J connectivity index is 1.65. The summed E-state index contributed by atoms with van der Waals surface area (Å²) in [6.45, 7) is 13.5. The third-order valence-electron chi connectivity index (χ3n) is 5.47. The highest BCUT2D eigenvalue weighted by Crippen LogP contribution is 2.35. The molecule has 1 N–H and O–H groups in total. The largest absolute Gasteiger partial charge is 0.444 e. The van der Waals surface area contributed by atoms with E-state index in [4.69, 9.17) is 21.1 Å². The first-order valence-corrected chi connectivity index (χ1v) is 16.0. The standard InChI is InChI=1S/C26H32ClN5O3Si/c1-26(2,3)35-25(33)31-19-12-18-11-17(7-8-21(18)28-13-19)20-14-32(16-34-9-10-36(4,5)6)24-22(20)23(27)29-15-30-24/h7-8,11-15H,9-10,16H2,1-6H3,(H,31,33). The van der Waals surface area contributed by atoms with Crippen molar-refractivity contribution in [2.75, 3.05) is 11.9 Å². The molecule has 0 unspecified atom stereocenters. The van der Waals surface area contributed by atoms with Crippen LogP contribution in [-0.4, -0.2) is 45.9 Å². The zero-order chi connectivity index (χ0) is 26.1. The van der Waals surface area contributed by atoms with Crippen LogP contribution in [-0.2, 0) is 16.2 Å². The number of carbonyl (C=O) groups excluding carboxylic acids is 1. The first kappa shape index (κ1) is 26.1. The summed E-state index contributed by atoms with van der Waals surface area (Å²) >= 11 is 6.53. The van der Waals surface area contributed by atoms with Crippen molar-refractivity contribution in [1.82, 2.24) is 19.5 Å². The molecular weight excluding hydrogens is 494 g/mol. The maximum absolute atomic E-state index is 12.2. The van der Waals surface area contributed by atoms with Gasteiger partial charge in [-0.2, -0.15) is 0 Å². The van der Waals surface area contributed by atoms with Crippen molar-refractivity contribution in [2.45, 2.75) is 58.8 Å². The minimum atomic E-state index is -1.18. The Labute approximate surface area is 217 Å². The summed E-state index contributed by atoms with van der Waals surface area (Å²) in [6, 6.07) is 8.90. The number of rotatable bonds is 7. The Bertz CT molecular complexity index is 1410. The van der Waals surface area contributed by atoms with Crippen LogP contribution in [0.5, 0.6) is 0 Å². The molecule has 0 atom stereocenters. The molecular formula is C26H32ClN5O3Si. The fourth-order valence-corrected chi connectivity index (χ4v) is 4.72. The average Bonchev–Trinajstić information content (AvgIpc) is 3.14. The Kier molecular flexibility index (Phi) is 7.35. The number of benzene rings is 1. The maximum atomic E-state index is 12.2. The van der Waals surface area contributed by atoms with E-state index in [1.807, 2.05) is 55.8 Å². The zero-order valence-corrected chi connectivity index (χ0v) is 23.3. The van der Waals surface area contributed by atoms with Gasteiger partial charge in [0.25, 0.3) is 0 Å². The number of ether oxygens (including phenoxy) is 2. The van der Waals surface area contributed by atoms with Gasteiger partial charge in [0.15, 0.2) is 0 Å². The zero-order valence-electron chi connectivity index (χ0n) is 21.6. The van der Waals surface area contributed by atoms with Crippen LogP contribution in [0.3, 0.4) is 0 Å². The number of fused-ring (bicyclic) bond motifs is 2. The molecule has 190 valence electrons. The van der Waals surface area contributed by atoms with E-state index in [9.17, 15) is 4.79 Å². The third kappa shape index (κ3) is 6.40. The van der Waals surface area contributed by atoms with Crippen LogP contribution >= 0.6 is 11.6 Å².